The first-order valence-corrected chi connectivity index (χ1v) is 7.55. The van der Waals surface area contributed by atoms with Crippen molar-refractivity contribution >= 4 is 11.9 Å². The minimum Gasteiger partial charge on any atom is -0.458 e. The van der Waals surface area contributed by atoms with Crippen LogP contribution in [0.3, 0.4) is 0 Å². The van der Waals surface area contributed by atoms with Crippen molar-refractivity contribution in [2.75, 3.05) is 6.61 Å². The highest BCUT2D eigenvalue weighted by Crippen LogP contribution is 2.26. The molecule has 0 aliphatic carbocycles. The molecule has 1 fully saturated rings. The monoisotopic (exact) mass is 302 g/mol. The van der Waals surface area contributed by atoms with Gasteiger partial charge in [-0.05, 0) is 13.3 Å². The minimum absolute atomic E-state index is 0.369. The third-order valence-corrected chi connectivity index (χ3v) is 3.29. The molecule has 0 aromatic rings. The predicted octanol–water partition coefficient (Wildman–Crippen LogP) is 2.19. The van der Waals surface area contributed by atoms with Crippen molar-refractivity contribution in [2.24, 2.45) is 0 Å². The van der Waals surface area contributed by atoms with E-state index in [0.717, 1.165) is 19.3 Å². The third kappa shape index (κ3) is 6.44. The van der Waals surface area contributed by atoms with Crippen LogP contribution in [0.4, 0.5) is 0 Å². The van der Waals surface area contributed by atoms with E-state index in [1.165, 1.54) is 13.8 Å². The predicted molar refractivity (Wildman–Crippen MR) is 75.5 cm³/mol. The number of hydrogen-bond donors (Lipinski definition) is 0. The Morgan fingerprint density at radius 1 is 1.14 bits per heavy atom. The van der Waals surface area contributed by atoms with Gasteiger partial charge in [-0.15, -0.1) is 0 Å². The van der Waals surface area contributed by atoms with Crippen LogP contribution in [-0.2, 0) is 28.5 Å². The molecule has 6 heteroatoms. The lowest BCUT2D eigenvalue weighted by molar-refractivity contribution is -0.255. The molecule has 0 N–H and O–H groups in total. The summed E-state index contributed by atoms with van der Waals surface area (Å²) < 4.78 is 21.8. The molecule has 0 amide bonds. The lowest BCUT2D eigenvalue weighted by Gasteiger charge is -2.38. The van der Waals surface area contributed by atoms with Gasteiger partial charge in [0.2, 0.25) is 0 Å². The number of ether oxygens (including phenoxy) is 4. The van der Waals surface area contributed by atoms with Crippen LogP contribution < -0.4 is 0 Å². The summed E-state index contributed by atoms with van der Waals surface area (Å²) >= 11 is 0. The smallest absolute Gasteiger partial charge is 0.303 e. The quantitative estimate of drug-likeness (QED) is 0.530. The molecule has 0 aromatic carbocycles. The summed E-state index contributed by atoms with van der Waals surface area (Å²) in [5, 5.41) is 0. The Balaban J connectivity index is 2.58. The maximum Gasteiger partial charge on any atom is 0.303 e. The van der Waals surface area contributed by atoms with Gasteiger partial charge in [-0.25, -0.2) is 0 Å². The van der Waals surface area contributed by atoms with Gasteiger partial charge >= 0.3 is 11.9 Å². The van der Waals surface area contributed by atoms with Crippen LogP contribution in [0.25, 0.3) is 0 Å². The van der Waals surface area contributed by atoms with Crippen LogP contribution in [-0.4, -0.2) is 43.1 Å². The van der Waals surface area contributed by atoms with Gasteiger partial charge in [0.05, 0.1) is 6.10 Å². The fourth-order valence-corrected chi connectivity index (χ4v) is 2.36. The Morgan fingerprint density at radius 2 is 1.81 bits per heavy atom. The zero-order valence-corrected chi connectivity index (χ0v) is 13.3. The molecular formula is C15H26O6. The SMILES string of the molecule is CCCCCO[C@H]1C[C@@H](OC(C)=O)[C@H](OC(C)=O)[C@@H](C)O1. The van der Waals surface area contributed by atoms with Gasteiger partial charge < -0.3 is 18.9 Å². The lowest BCUT2D eigenvalue weighted by atomic mass is 10.0. The number of hydrogen-bond acceptors (Lipinski definition) is 6. The molecular weight excluding hydrogens is 276 g/mol. The van der Waals surface area contributed by atoms with E-state index in [9.17, 15) is 9.59 Å². The van der Waals surface area contributed by atoms with E-state index in [1.807, 2.05) is 0 Å². The summed E-state index contributed by atoms with van der Waals surface area (Å²) in [4.78, 5) is 22.4. The zero-order chi connectivity index (χ0) is 15.8. The van der Waals surface area contributed by atoms with E-state index in [4.69, 9.17) is 18.9 Å². The van der Waals surface area contributed by atoms with Gasteiger partial charge in [0, 0.05) is 26.9 Å². The van der Waals surface area contributed by atoms with Crippen LogP contribution in [0.15, 0.2) is 0 Å². The number of carbonyl (C=O) groups is 2. The zero-order valence-electron chi connectivity index (χ0n) is 13.3. The molecule has 0 saturated carbocycles. The van der Waals surface area contributed by atoms with Crippen molar-refractivity contribution in [2.45, 2.75) is 78.0 Å². The van der Waals surface area contributed by atoms with Crippen LogP contribution in [0.2, 0.25) is 0 Å². The molecule has 1 saturated heterocycles. The molecule has 6 nitrogen and oxygen atoms in total. The Hall–Kier alpha value is -1.14. The summed E-state index contributed by atoms with van der Waals surface area (Å²) in [5.74, 6) is -0.828. The highest BCUT2D eigenvalue weighted by Gasteiger charge is 2.41. The third-order valence-electron chi connectivity index (χ3n) is 3.29. The van der Waals surface area contributed by atoms with Crippen molar-refractivity contribution in [1.82, 2.24) is 0 Å². The van der Waals surface area contributed by atoms with Crippen molar-refractivity contribution in [1.29, 1.82) is 0 Å². The van der Waals surface area contributed by atoms with Gasteiger partial charge in [0.15, 0.2) is 12.4 Å². The van der Waals surface area contributed by atoms with Gasteiger partial charge in [-0.1, -0.05) is 19.8 Å². The summed E-state index contributed by atoms with van der Waals surface area (Å²) in [6, 6.07) is 0. The molecule has 1 aliphatic heterocycles. The average Bonchev–Trinajstić information content (AvgIpc) is 2.38. The summed E-state index contributed by atoms with van der Waals surface area (Å²) in [5.41, 5.74) is 0. The highest BCUT2D eigenvalue weighted by atomic mass is 16.7. The van der Waals surface area contributed by atoms with Crippen LogP contribution in [0.1, 0.15) is 53.4 Å². The first kappa shape index (κ1) is 17.9. The van der Waals surface area contributed by atoms with E-state index < -0.39 is 30.4 Å². The molecule has 0 radical (unpaired) electrons. The normalized spacial score (nSPS) is 29.0. The Bertz CT molecular complexity index is 343. The summed E-state index contributed by atoms with van der Waals surface area (Å²) in [6.45, 7) is 7.18. The standard InChI is InChI=1S/C15H26O6/c1-5-6-7-8-18-14-9-13(20-11(3)16)15(10(2)19-14)21-12(4)17/h10,13-15H,5-9H2,1-4H3/t10-,13-,14-,15-/m1/s1. The molecule has 122 valence electrons. The molecule has 1 rings (SSSR count). The fourth-order valence-electron chi connectivity index (χ4n) is 2.36. The molecule has 1 heterocycles. The summed E-state index contributed by atoms with van der Waals surface area (Å²) in [6.07, 6.45) is 1.61. The van der Waals surface area contributed by atoms with E-state index in [2.05, 4.69) is 6.92 Å². The lowest BCUT2D eigenvalue weighted by Crippen LogP contribution is -2.51. The van der Waals surface area contributed by atoms with Crippen molar-refractivity contribution in [3.8, 4) is 0 Å². The second-order valence-electron chi connectivity index (χ2n) is 5.31. The molecule has 0 unspecified atom stereocenters. The van der Waals surface area contributed by atoms with Crippen LogP contribution >= 0.6 is 0 Å². The maximum absolute atomic E-state index is 11.2. The fraction of sp³-hybridized carbons (Fsp3) is 0.867. The van der Waals surface area contributed by atoms with E-state index >= 15 is 0 Å². The topological polar surface area (TPSA) is 71.1 Å². The van der Waals surface area contributed by atoms with Crippen molar-refractivity contribution in [3.63, 3.8) is 0 Å². The second kappa shape index (κ2) is 9.00. The summed E-state index contributed by atoms with van der Waals surface area (Å²) in [7, 11) is 0. The maximum atomic E-state index is 11.2. The van der Waals surface area contributed by atoms with Crippen LogP contribution in [0.5, 0.6) is 0 Å². The van der Waals surface area contributed by atoms with Crippen molar-refractivity contribution in [3.05, 3.63) is 0 Å². The molecule has 0 aromatic heterocycles. The number of carbonyl (C=O) groups excluding carboxylic acids is 2. The molecule has 1 aliphatic rings. The van der Waals surface area contributed by atoms with Crippen molar-refractivity contribution < 1.29 is 28.5 Å². The number of esters is 2. The minimum atomic E-state index is -0.595. The van der Waals surface area contributed by atoms with Gasteiger partial charge in [-0.2, -0.15) is 0 Å². The first-order chi connectivity index (χ1) is 9.93. The van der Waals surface area contributed by atoms with Crippen LogP contribution in [0, 0.1) is 0 Å². The highest BCUT2D eigenvalue weighted by molar-refractivity contribution is 5.67. The average molecular weight is 302 g/mol. The largest absolute Gasteiger partial charge is 0.458 e. The molecule has 0 bridgehead atoms. The van der Waals surface area contributed by atoms with E-state index in [-0.39, 0.29) is 6.10 Å². The molecule has 4 atom stereocenters. The second-order valence-corrected chi connectivity index (χ2v) is 5.31. The van der Waals surface area contributed by atoms with E-state index in [0.29, 0.717) is 13.0 Å². The van der Waals surface area contributed by atoms with Gasteiger partial charge in [0.1, 0.15) is 6.10 Å². The van der Waals surface area contributed by atoms with Gasteiger partial charge in [-0.3, -0.25) is 9.59 Å². The number of rotatable bonds is 7. The van der Waals surface area contributed by atoms with Gasteiger partial charge in [0.25, 0.3) is 0 Å². The molecule has 21 heavy (non-hydrogen) atoms. The molecule has 0 spiro atoms. The van der Waals surface area contributed by atoms with E-state index in [1.54, 1.807) is 6.92 Å². The first-order valence-electron chi connectivity index (χ1n) is 7.55. The Kier molecular flexibility index (Phi) is 7.67. The Morgan fingerprint density at radius 3 is 2.38 bits per heavy atom. The number of unbranched alkanes of at least 4 members (excludes halogenated alkanes) is 2. The Labute approximate surface area is 126 Å².